The summed E-state index contributed by atoms with van der Waals surface area (Å²) in [6.07, 6.45) is 9.05. The van der Waals surface area contributed by atoms with Gasteiger partial charge in [0.2, 0.25) is 0 Å². The summed E-state index contributed by atoms with van der Waals surface area (Å²) in [7, 11) is 0. The van der Waals surface area contributed by atoms with Gasteiger partial charge in [-0.2, -0.15) is 0 Å². The van der Waals surface area contributed by atoms with Crippen LogP contribution in [-0.4, -0.2) is 43.4 Å². The zero-order chi connectivity index (χ0) is 32.4. The SMILES string of the molecule is CCCC(=O)c1c(O)c2c(c(CC3=C(O)[C@@](C)(C/C=C(\C)CCC=C(C)C)C(=O)C(C(C)=O)=C3O)c1O)OC(C)(C)C=C2. The van der Waals surface area contributed by atoms with Gasteiger partial charge in [-0.3, -0.25) is 14.4 Å². The van der Waals surface area contributed by atoms with Gasteiger partial charge in [-0.25, -0.2) is 0 Å². The Hall–Kier alpha value is -4.07. The third-order valence-electron chi connectivity index (χ3n) is 8.02. The minimum atomic E-state index is -1.58. The minimum absolute atomic E-state index is 0.0332. The molecule has 0 aromatic heterocycles. The second-order valence-corrected chi connectivity index (χ2v) is 12.5. The topological polar surface area (TPSA) is 141 Å². The number of rotatable bonds is 11. The van der Waals surface area contributed by atoms with Crippen LogP contribution in [0.5, 0.6) is 17.2 Å². The highest BCUT2D eigenvalue weighted by Gasteiger charge is 2.47. The predicted molar refractivity (Wildman–Crippen MR) is 167 cm³/mol. The fraction of sp³-hybridized carbons (Fsp3) is 0.457. The molecule has 4 N–H and O–H groups in total. The molecule has 8 nitrogen and oxygen atoms in total. The first-order chi connectivity index (χ1) is 20.0. The number of benzene rings is 1. The van der Waals surface area contributed by atoms with Crippen LogP contribution in [0.25, 0.3) is 6.08 Å². The van der Waals surface area contributed by atoms with Crippen molar-refractivity contribution in [3.63, 3.8) is 0 Å². The quantitative estimate of drug-likeness (QED) is 0.116. The molecular formula is C35H44O8. The van der Waals surface area contributed by atoms with E-state index in [0.29, 0.717) is 6.42 Å². The first-order valence-electron chi connectivity index (χ1n) is 14.7. The first-order valence-corrected chi connectivity index (χ1v) is 14.7. The molecule has 8 heteroatoms. The van der Waals surface area contributed by atoms with E-state index in [1.807, 2.05) is 26.8 Å². The highest BCUT2D eigenvalue weighted by atomic mass is 16.5. The van der Waals surface area contributed by atoms with Crippen LogP contribution in [0.15, 0.2) is 52.0 Å². The van der Waals surface area contributed by atoms with Crippen molar-refractivity contribution >= 4 is 23.4 Å². The van der Waals surface area contributed by atoms with Gasteiger partial charge >= 0.3 is 0 Å². The van der Waals surface area contributed by atoms with Crippen LogP contribution < -0.4 is 4.74 Å². The van der Waals surface area contributed by atoms with Crippen molar-refractivity contribution in [3.05, 3.63) is 68.7 Å². The zero-order valence-electron chi connectivity index (χ0n) is 26.5. The average Bonchev–Trinajstić information content (AvgIpc) is 2.90. The number of aromatic hydroxyl groups is 2. The minimum Gasteiger partial charge on any atom is -0.511 e. The number of phenolic OH excluding ortho intramolecular Hbond substituents is 2. The number of phenols is 2. The first kappa shape index (κ1) is 33.4. The van der Waals surface area contributed by atoms with Crippen molar-refractivity contribution in [1.82, 2.24) is 0 Å². The Morgan fingerprint density at radius 1 is 0.953 bits per heavy atom. The molecule has 43 heavy (non-hydrogen) atoms. The van der Waals surface area contributed by atoms with Gasteiger partial charge in [0.05, 0.1) is 11.0 Å². The van der Waals surface area contributed by atoms with E-state index >= 15 is 0 Å². The maximum Gasteiger partial charge on any atom is 0.183 e. The maximum atomic E-state index is 13.6. The molecule has 0 fully saturated rings. The van der Waals surface area contributed by atoms with E-state index < -0.39 is 57.0 Å². The summed E-state index contributed by atoms with van der Waals surface area (Å²) in [6, 6.07) is 0. The molecule has 0 spiro atoms. The lowest BCUT2D eigenvalue weighted by atomic mass is 9.70. The number of hydrogen-bond acceptors (Lipinski definition) is 8. The Kier molecular flexibility index (Phi) is 9.84. The highest BCUT2D eigenvalue weighted by Crippen LogP contribution is 2.50. The smallest absolute Gasteiger partial charge is 0.183 e. The maximum absolute atomic E-state index is 13.6. The van der Waals surface area contributed by atoms with Crippen molar-refractivity contribution in [1.29, 1.82) is 0 Å². The van der Waals surface area contributed by atoms with Gasteiger partial charge in [-0.1, -0.05) is 30.2 Å². The summed E-state index contributed by atoms with van der Waals surface area (Å²) < 4.78 is 6.13. The fourth-order valence-electron chi connectivity index (χ4n) is 5.42. The predicted octanol–water partition coefficient (Wildman–Crippen LogP) is 7.69. The number of ketones is 3. The number of allylic oxidation sites excluding steroid dienone is 7. The molecule has 1 heterocycles. The molecule has 0 bridgehead atoms. The summed E-state index contributed by atoms with van der Waals surface area (Å²) in [5.41, 5.74) is -0.900. The number of Topliss-reactive ketones (excluding diaryl/α,β-unsaturated/α-hetero) is 3. The standard InChI is InChI=1S/C35H44O8/c1-9-11-25(37)27-28(38)22-15-16-34(6,7)43-31(22)23(29(27)39)18-24-30(40)26(21(5)36)33(42)35(8,32(24)41)17-14-20(4)13-10-12-19(2)3/h12,14-16,38-41H,9-11,13,17-18H2,1-8H3/b20-14+/t35-/m1/s1. The van der Waals surface area contributed by atoms with Crippen LogP contribution in [0.4, 0.5) is 0 Å². The monoisotopic (exact) mass is 592 g/mol. The lowest BCUT2D eigenvalue weighted by Crippen LogP contribution is -2.38. The molecule has 0 radical (unpaired) electrons. The number of aliphatic hydroxyl groups is 2. The van der Waals surface area contributed by atoms with Gasteiger partial charge in [-0.15, -0.1) is 0 Å². The van der Waals surface area contributed by atoms with Gasteiger partial charge in [0.15, 0.2) is 17.3 Å². The molecule has 2 aliphatic rings. The van der Waals surface area contributed by atoms with Gasteiger partial charge in [0.1, 0.15) is 45.5 Å². The molecule has 3 rings (SSSR count). The fourth-order valence-corrected chi connectivity index (χ4v) is 5.42. The van der Waals surface area contributed by atoms with E-state index in [1.54, 1.807) is 32.9 Å². The second-order valence-electron chi connectivity index (χ2n) is 12.5. The van der Waals surface area contributed by atoms with Crippen molar-refractivity contribution in [2.75, 3.05) is 0 Å². The lowest BCUT2D eigenvalue weighted by Gasteiger charge is -2.34. The Bertz CT molecular complexity index is 1510. The highest BCUT2D eigenvalue weighted by molar-refractivity contribution is 6.23. The average molecular weight is 593 g/mol. The summed E-state index contributed by atoms with van der Waals surface area (Å²) in [4.78, 5) is 39.3. The molecular weight excluding hydrogens is 548 g/mol. The van der Waals surface area contributed by atoms with Crippen LogP contribution in [0, 0.1) is 5.41 Å². The number of ether oxygens (including phenoxy) is 1. The van der Waals surface area contributed by atoms with Crippen LogP contribution in [0.3, 0.4) is 0 Å². The molecule has 1 aromatic carbocycles. The van der Waals surface area contributed by atoms with E-state index in [-0.39, 0.29) is 47.3 Å². The number of carbonyl (C=O) groups is 3. The third kappa shape index (κ3) is 6.63. The second kappa shape index (κ2) is 12.7. The Morgan fingerprint density at radius 3 is 2.19 bits per heavy atom. The number of hydrogen-bond donors (Lipinski definition) is 4. The van der Waals surface area contributed by atoms with Crippen LogP contribution >= 0.6 is 0 Å². The van der Waals surface area contributed by atoms with Crippen LogP contribution in [0.2, 0.25) is 0 Å². The Labute approximate surface area is 253 Å². The van der Waals surface area contributed by atoms with E-state index in [4.69, 9.17) is 4.74 Å². The molecule has 0 amide bonds. The molecule has 1 aromatic rings. The lowest BCUT2D eigenvalue weighted by molar-refractivity contribution is -0.127. The molecule has 0 saturated carbocycles. The summed E-state index contributed by atoms with van der Waals surface area (Å²) >= 11 is 0. The number of fused-ring (bicyclic) bond motifs is 1. The van der Waals surface area contributed by atoms with Crippen molar-refractivity contribution in [3.8, 4) is 17.2 Å². The van der Waals surface area contributed by atoms with Crippen LogP contribution in [-0.2, 0) is 16.0 Å². The molecule has 232 valence electrons. The number of aliphatic hydroxyl groups excluding tert-OH is 2. The van der Waals surface area contributed by atoms with Gasteiger partial charge in [0, 0.05) is 24.0 Å². The zero-order valence-corrected chi connectivity index (χ0v) is 26.5. The molecule has 1 atom stereocenters. The molecule has 1 aliphatic carbocycles. The van der Waals surface area contributed by atoms with Gasteiger partial charge in [-0.05, 0) is 86.3 Å². The largest absolute Gasteiger partial charge is 0.511 e. The van der Waals surface area contributed by atoms with Gasteiger partial charge in [0.25, 0.3) is 0 Å². The normalized spacial score (nSPS) is 19.7. The van der Waals surface area contributed by atoms with Crippen LogP contribution in [0.1, 0.15) is 109 Å². The Balaban J connectivity index is 2.24. The van der Waals surface area contributed by atoms with Crippen molar-refractivity contribution in [2.24, 2.45) is 5.41 Å². The molecule has 0 saturated heterocycles. The number of carbonyl (C=O) groups excluding carboxylic acids is 3. The van der Waals surface area contributed by atoms with E-state index in [0.717, 1.165) is 18.4 Å². The summed E-state index contributed by atoms with van der Waals surface area (Å²) in [6.45, 7) is 14.0. The molecule has 1 aliphatic heterocycles. The Morgan fingerprint density at radius 2 is 1.60 bits per heavy atom. The van der Waals surface area contributed by atoms with E-state index in [2.05, 4.69) is 6.08 Å². The van der Waals surface area contributed by atoms with Crippen molar-refractivity contribution < 1.29 is 39.5 Å². The van der Waals surface area contributed by atoms with E-state index in [9.17, 15) is 34.8 Å². The van der Waals surface area contributed by atoms with Crippen molar-refractivity contribution in [2.45, 2.75) is 99.5 Å². The van der Waals surface area contributed by atoms with Gasteiger partial charge < -0.3 is 25.2 Å². The summed E-state index contributed by atoms with van der Waals surface area (Å²) in [5, 5.41) is 45.3. The third-order valence-corrected chi connectivity index (χ3v) is 8.02. The molecule has 0 unspecified atom stereocenters. The van der Waals surface area contributed by atoms with E-state index in [1.165, 1.54) is 19.4 Å². The summed E-state index contributed by atoms with van der Waals surface area (Å²) in [5.74, 6) is -3.90.